The quantitative estimate of drug-likeness (QED) is 0.476. The van der Waals surface area contributed by atoms with Gasteiger partial charge in [-0.25, -0.2) is 13.2 Å². The number of fused-ring (bicyclic) bond motifs is 1. The summed E-state index contributed by atoms with van der Waals surface area (Å²) in [6.07, 6.45) is 5.73. The van der Waals surface area contributed by atoms with E-state index in [2.05, 4.69) is 31.0 Å². The van der Waals surface area contributed by atoms with Gasteiger partial charge in [-0.1, -0.05) is 0 Å². The minimum absolute atomic E-state index is 0.0242. The number of hydrogen-bond donors (Lipinski definition) is 3. The maximum absolute atomic E-state index is 11.9. The molecule has 2 aromatic rings. The predicted octanol–water partition coefficient (Wildman–Crippen LogP) is -0.718. The summed E-state index contributed by atoms with van der Waals surface area (Å²) in [4.78, 5) is 31.0. The van der Waals surface area contributed by atoms with Gasteiger partial charge in [-0.15, -0.1) is 0 Å². The van der Waals surface area contributed by atoms with Crippen molar-refractivity contribution in [3.63, 3.8) is 0 Å². The van der Waals surface area contributed by atoms with Crippen LogP contribution in [0.3, 0.4) is 0 Å². The van der Waals surface area contributed by atoms with Gasteiger partial charge in [-0.05, 0) is 18.9 Å². The van der Waals surface area contributed by atoms with Gasteiger partial charge >= 0.3 is 6.03 Å². The third-order valence-corrected chi connectivity index (χ3v) is 4.48. The van der Waals surface area contributed by atoms with Crippen molar-refractivity contribution in [3.05, 3.63) is 17.5 Å². The molecule has 2 aliphatic rings. The molecule has 11 nitrogen and oxygen atoms in total. The Morgan fingerprint density at radius 3 is 2.64 bits per heavy atom. The molecule has 3 amide bonds. The van der Waals surface area contributed by atoms with Gasteiger partial charge in [-0.3, -0.25) is 10.1 Å². The molecular formula is C13H13N7O4S. The summed E-state index contributed by atoms with van der Waals surface area (Å²) in [7, 11) is -3.65. The fraction of sp³-hybridized carbons (Fsp3) is 0.308. The van der Waals surface area contributed by atoms with Crippen molar-refractivity contribution >= 4 is 39.4 Å². The topological polar surface area (TPSA) is 147 Å². The number of hydrogen-bond acceptors (Lipinski definition) is 8. The van der Waals surface area contributed by atoms with E-state index in [1.54, 1.807) is 0 Å². The molecule has 2 aromatic heterocycles. The van der Waals surface area contributed by atoms with Gasteiger partial charge in [0.15, 0.2) is 5.65 Å². The lowest BCUT2D eigenvalue weighted by Crippen LogP contribution is -2.22. The lowest BCUT2D eigenvalue weighted by Gasteiger charge is -2.07. The molecule has 130 valence electrons. The number of anilines is 1. The average Bonchev–Trinajstić information content (AvgIpc) is 3.15. The molecule has 0 aromatic carbocycles. The summed E-state index contributed by atoms with van der Waals surface area (Å²) in [6, 6.07) is -0.410. The van der Waals surface area contributed by atoms with Gasteiger partial charge in [0.25, 0.3) is 11.1 Å². The highest BCUT2D eigenvalue weighted by Crippen LogP contribution is 2.25. The first-order valence-electron chi connectivity index (χ1n) is 7.37. The van der Waals surface area contributed by atoms with Crippen molar-refractivity contribution in [1.82, 2.24) is 30.2 Å². The third kappa shape index (κ3) is 2.91. The van der Waals surface area contributed by atoms with Gasteiger partial charge in [0.1, 0.15) is 5.70 Å². The van der Waals surface area contributed by atoms with Crippen LogP contribution in [0.4, 0.5) is 10.7 Å². The summed E-state index contributed by atoms with van der Waals surface area (Å²) >= 11 is 0. The van der Waals surface area contributed by atoms with Crippen molar-refractivity contribution in [3.8, 4) is 0 Å². The zero-order valence-electron chi connectivity index (χ0n) is 13.0. The molecule has 0 radical (unpaired) electrons. The normalized spacial score (nSPS) is 19.3. The van der Waals surface area contributed by atoms with Gasteiger partial charge in [-0.2, -0.15) is 19.6 Å². The molecule has 1 saturated carbocycles. The summed E-state index contributed by atoms with van der Waals surface area (Å²) in [5.74, 6) is -0.324. The Morgan fingerprint density at radius 2 is 2.04 bits per heavy atom. The molecule has 1 aliphatic carbocycles. The Labute approximate surface area is 141 Å². The fourth-order valence-corrected chi connectivity index (χ4v) is 2.79. The van der Waals surface area contributed by atoms with Gasteiger partial charge in [0.2, 0.25) is 15.8 Å². The van der Waals surface area contributed by atoms with Crippen molar-refractivity contribution in [2.75, 3.05) is 11.6 Å². The highest BCUT2D eigenvalue weighted by molar-refractivity contribution is 7.90. The Balaban J connectivity index is 1.87. The predicted molar refractivity (Wildman–Crippen MR) is 85.2 cm³/mol. The molecule has 2 fully saturated rings. The number of urea groups is 1. The molecule has 12 heteroatoms. The number of nitrogens with zero attached hydrogens (tertiary/aromatic N) is 4. The Hall–Kier alpha value is -3.02. The number of carbonyl (C=O) groups is 2. The molecule has 3 heterocycles. The van der Waals surface area contributed by atoms with E-state index in [-0.39, 0.29) is 28.5 Å². The summed E-state index contributed by atoms with van der Waals surface area (Å²) in [6.45, 7) is 0. The van der Waals surface area contributed by atoms with Crippen molar-refractivity contribution in [2.45, 2.75) is 24.0 Å². The maximum atomic E-state index is 11.9. The maximum Gasteiger partial charge on any atom is 0.326 e. The minimum Gasteiger partial charge on any atom is -0.351 e. The SMILES string of the molecule is CS(=O)(=O)c1nc(NC2CC2)n2ncc(/C=C3/NC(=O)NC3=O)c2n1. The van der Waals surface area contributed by atoms with Gasteiger partial charge in [0.05, 0.1) is 6.20 Å². The second-order valence-corrected chi connectivity index (χ2v) is 7.73. The van der Waals surface area contributed by atoms with Crippen LogP contribution in [0.1, 0.15) is 18.4 Å². The molecule has 25 heavy (non-hydrogen) atoms. The lowest BCUT2D eigenvalue weighted by atomic mass is 10.2. The zero-order valence-corrected chi connectivity index (χ0v) is 13.8. The molecule has 3 N–H and O–H groups in total. The number of aromatic nitrogens is 4. The van der Waals surface area contributed by atoms with Gasteiger partial charge < -0.3 is 10.6 Å². The number of sulfone groups is 1. The van der Waals surface area contributed by atoms with E-state index < -0.39 is 21.8 Å². The number of amides is 3. The largest absolute Gasteiger partial charge is 0.351 e. The van der Waals surface area contributed by atoms with Crippen LogP contribution < -0.4 is 16.0 Å². The van der Waals surface area contributed by atoms with Crippen LogP contribution in [-0.4, -0.2) is 52.2 Å². The van der Waals surface area contributed by atoms with Gasteiger partial charge in [0, 0.05) is 17.9 Å². The lowest BCUT2D eigenvalue weighted by molar-refractivity contribution is -0.115. The number of carbonyl (C=O) groups excluding carboxylic acids is 2. The molecule has 4 rings (SSSR count). The Morgan fingerprint density at radius 1 is 1.28 bits per heavy atom. The van der Waals surface area contributed by atoms with Crippen molar-refractivity contribution in [2.24, 2.45) is 0 Å². The smallest absolute Gasteiger partial charge is 0.326 e. The first-order chi connectivity index (χ1) is 11.8. The van der Waals surface area contributed by atoms with Crippen LogP contribution in [-0.2, 0) is 14.6 Å². The van der Waals surface area contributed by atoms with Crippen molar-refractivity contribution in [1.29, 1.82) is 0 Å². The van der Waals surface area contributed by atoms with Crippen LogP contribution in [0.5, 0.6) is 0 Å². The van der Waals surface area contributed by atoms with E-state index in [0.29, 0.717) is 5.56 Å². The molecular weight excluding hydrogens is 350 g/mol. The second-order valence-electron chi connectivity index (χ2n) is 5.82. The van der Waals surface area contributed by atoms with E-state index in [1.165, 1.54) is 16.8 Å². The molecule has 0 atom stereocenters. The van der Waals surface area contributed by atoms with Crippen LogP contribution >= 0.6 is 0 Å². The summed E-state index contributed by atoms with van der Waals surface area (Å²) < 4.78 is 25.1. The molecule has 0 spiro atoms. The highest BCUT2D eigenvalue weighted by atomic mass is 32.2. The van der Waals surface area contributed by atoms with E-state index in [9.17, 15) is 18.0 Å². The van der Waals surface area contributed by atoms with Crippen LogP contribution in [0, 0.1) is 0 Å². The summed E-state index contributed by atoms with van der Waals surface area (Å²) in [5, 5.41) is 11.4. The van der Waals surface area contributed by atoms with E-state index >= 15 is 0 Å². The molecule has 0 unspecified atom stereocenters. The van der Waals surface area contributed by atoms with Crippen LogP contribution in [0.25, 0.3) is 11.7 Å². The van der Waals surface area contributed by atoms with E-state index in [1.807, 2.05) is 0 Å². The fourth-order valence-electron chi connectivity index (χ4n) is 2.28. The van der Waals surface area contributed by atoms with E-state index in [4.69, 9.17) is 0 Å². The Bertz CT molecular complexity index is 1050. The number of nitrogens with one attached hydrogen (secondary N) is 3. The molecule has 0 bridgehead atoms. The monoisotopic (exact) mass is 363 g/mol. The minimum atomic E-state index is -3.65. The zero-order chi connectivity index (χ0) is 17.8. The Kier molecular flexibility index (Phi) is 3.25. The summed E-state index contributed by atoms with van der Waals surface area (Å²) in [5.41, 5.74) is 0.606. The second kappa shape index (κ2) is 5.24. The first kappa shape index (κ1) is 15.5. The first-order valence-corrected chi connectivity index (χ1v) is 9.27. The van der Waals surface area contributed by atoms with Crippen LogP contribution in [0.15, 0.2) is 17.1 Å². The van der Waals surface area contributed by atoms with Crippen LogP contribution in [0.2, 0.25) is 0 Å². The number of rotatable bonds is 4. The third-order valence-electron chi connectivity index (χ3n) is 3.64. The number of imide groups is 1. The standard InChI is InChI=1S/C13H13N7O4S/c1-25(23,24)13-17-9-6(4-8-10(21)18-12(22)16-8)5-14-20(9)11(19-13)15-7-2-3-7/h4-5,7H,2-3H2,1H3,(H,15,17,19)(H2,16,18,21,22)/b8-4+. The van der Waals surface area contributed by atoms with Crippen molar-refractivity contribution < 1.29 is 18.0 Å². The van der Waals surface area contributed by atoms with E-state index in [0.717, 1.165) is 19.1 Å². The molecule has 1 saturated heterocycles. The highest BCUT2D eigenvalue weighted by Gasteiger charge is 2.27. The molecule has 1 aliphatic heterocycles. The average molecular weight is 363 g/mol.